The number of aromatic nitrogens is 3. The SMILES string of the molecule is Cc1cc(F)cn2c(C3CCCN3C)nnc12. The van der Waals surface area contributed by atoms with E-state index >= 15 is 0 Å². The Bertz CT molecular complexity index is 563. The molecule has 1 aliphatic rings. The maximum atomic E-state index is 13.4. The van der Waals surface area contributed by atoms with Crippen LogP contribution in [0.5, 0.6) is 0 Å². The fraction of sp³-hybridized carbons (Fsp3) is 0.500. The van der Waals surface area contributed by atoms with Crippen LogP contribution >= 0.6 is 0 Å². The topological polar surface area (TPSA) is 33.4 Å². The van der Waals surface area contributed by atoms with Crippen molar-refractivity contribution in [1.82, 2.24) is 19.5 Å². The maximum absolute atomic E-state index is 13.4. The molecule has 0 bridgehead atoms. The molecule has 3 heterocycles. The minimum absolute atomic E-state index is 0.239. The summed E-state index contributed by atoms with van der Waals surface area (Å²) in [5.74, 6) is 0.610. The maximum Gasteiger partial charge on any atom is 0.163 e. The summed E-state index contributed by atoms with van der Waals surface area (Å²) in [5, 5.41) is 8.39. The molecule has 90 valence electrons. The molecule has 5 heteroatoms. The summed E-state index contributed by atoms with van der Waals surface area (Å²) in [7, 11) is 2.07. The molecule has 1 aliphatic heterocycles. The van der Waals surface area contributed by atoms with E-state index in [4.69, 9.17) is 0 Å². The van der Waals surface area contributed by atoms with Crippen molar-refractivity contribution in [2.24, 2.45) is 0 Å². The lowest BCUT2D eigenvalue weighted by molar-refractivity contribution is 0.304. The van der Waals surface area contributed by atoms with Crippen LogP contribution in [0.25, 0.3) is 5.65 Å². The van der Waals surface area contributed by atoms with Crippen molar-refractivity contribution in [3.63, 3.8) is 0 Å². The van der Waals surface area contributed by atoms with Crippen LogP contribution in [0.15, 0.2) is 12.3 Å². The van der Waals surface area contributed by atoms with Gasteiger partial charge in [-0.3, -0.25) is 9.30 Å². The first-order valence-corrected chi connectivity index (χ1v) is 5.88. The number of nitrogens with zero attached hydrogens (tertiary/aromatic N) is 4. The van der Waals surface area contributed by atoms with Crippen molar-refractivity contribution >= 4 is 5.65 Å². The second kappa shape index (κ2) is 3.77. The van der Waals surface area contributed by atoms with Crippen LogP contribution in [0.2, 0.25) is 0 Å². The number of halogens is 1. The van der Waals surface area contributed by atoms with Gasteiger partial charge in [-0.1, -0.05) is 0 Å². The summed E-state index contributed by atoms with van der Waals surface area (Å²) in [6, 6.07) is 1.75. The minimum Gasteiger partial charge on any atom is -0.296 e. The van der Waals surface area contributed by atoms with Gasteiger partial charge in [-0.15, -0.1) is 10.2 Å². The van der Waals surface area contributed by atoms with Crippen LogP contribution in [-0.2, 0) is 0 Å². The van der Waals surface area contributed by atoms with E-state index in [1.54, 1.807) is 4.40 Å². The molecular weight excluding hydrogens is 219 g/mol. The number of fused-ring (bicyclic) bond motifs is 1. The molecule has 1 saturated heterocycles. The third kappa shape index (κ3) is 1.61. The molecule has 0 N–H and O–H groups in total. The van der Waals surface area contributed by atoms with E-state index in [1.807, 2.05) is 6.92 Å². The molecule has 1 unspecified atom stereocenters. The quantitative estimate of drug-likeness (QED) is 0.756. The van der Waals surface area contributed by atoms with Gasteiger partial charge >= 0.3 is 0 Å². The van der Waals surface area contributed by atoms with Gasteiger partial charge in [-0.2, -0.15) is 0 Å². The van der Waals surface area contributed by atoms with Gasteiger partial charge in [-0.25, -0.2) is 4.39 Å². The van der Waals surface area contributed by atoms with E-state index in [1.165, 1.54) is 12.3 Å². The summed E-state index contributed by atoms with van der Waals surface area (Å²) >= 11 is 0. The largest absolute Gasteiger partial charge is 0.296 e. The van der Waals surface area contributed by atoms with Crippen molar-refractivity contribution in [1.29, 1.82) is 0 Å². The molecule has 17 heavy (non-hydrogen) atoms. The zero-order valence-electron chi connectivity index (χ0n) is 10.0. The monoisotopic (exact) mass is 234 g/mol. The third-order valence-electron chi connectivity index (χ3n) is 3.50. The van der Waals surface area contributed by atoms with Gasteiger partial charge in [0.15, 0.2) is 11.5 Å². The Balaban J connectivity index is 2.17. The average Bonchev–Trinajstić information content (AvgIpc) is 2.84. The number of rotatable bonds is 1. The van der Waals surface area contributed by atoms with Gasteiger partial charge in [0.05, 0.1) is 6.04 Å². The zero-order chi connectivity index (χ0) is 12.0. The van der Waals surface area contributed by atoms with Crippen LogP contribution in [0.3, 0.4) is 0 Å². The second-order valence-electron chi connectivity index (χ2n) is 4.73. The first kappa shape index (κ1) is 10.7. The Morgan fingerprint density at radius 3 is 2.94 bits per heavy atom. The lowest BCUT2D eigenvalue weighted by atomic mass is 10.2. The molecule has 0 aliphatic carbocycles. The van der Waals surface area contributed by atoms with Gasteiger partial charge in [0.25, 0.3) is 0 Å². The highest BCUT2D eigenvalue weighted by Crippen LogP contribution is 2.29. The highest BCUT2D eigenvalue weighted by Gasteiger charge is 2.27. The predicted octanol–water partition coefficient (Wildman–Crippen LogP) is 1.94. The molecule has 1 fully saturated rings. The Kier molecular flexibility index (Phi) is 2.36. The van der Waals surface area contributed by atoms with Gasteiger partial charge in [-0.05, 0) is 45.0 Å². The number of pyridine rings is 1. The van der Waals surface area contributed by atoms with Gasteiger partial charge < -0.3 is 0 Å². The van der Waals surface area contributed by atoms with E-state index in [0.717, 1.165) is 36.4 Å². The highest BCUT2D eigenvalue weighted by molar-refractivity contribution is 5.46. The summed E-state index contributed by atoms with van der Waals surface area (Å²) < 4.78 is 15.2. The second-order valence-corrected chi connectivity index (χ2v) is 4.73. The van der Waals surface area contributed by atoms with Crippen molar-refractivity contribution in [3.05, 3.63) is 29.5 Å². The van der Waals surface area contributed by atoms with Crippen LogP contribution in [0.1, 0.15) is 30.3 Å². The standard InChI is InChI=1S/C12H15FN4/c1-8-6-9(13)7-17-11(8)14-15-12(17)10-4-3-5-16(10)2/h6-7,10H,3-5H2,1-2H3. The third-order valence-corrected chi connectivity index (χ3v) is 3.50. The average molecular weight is 234 g/mol. The Morgan fingerprint density at radius 2 is 2.24 bits per heavy atom. The fourth-order valence-corrected chi connectivity index (χ4v) is 2.60. The molecule has 2 aromatic rings. The van der Waals surface area contributed by atoms with Crippen LogP contribution in [0.4, 0.5) is 4.39 Å². The molecular formula is C12H15FN4. The molecule has 0 spiro atoms. The van der Waals surface area contributed by atoms with E-state index in [9.17, 15) is 4.39 Å². The first-order valence-electron chi connectivity index (χ1n) is 5.88. The van der Waals surface area contributed by atoms with Crippen LogP contribution in [-0.4, -0.2) is 33.1 Å². The summed E-state index contributed by atoms with van der Waals surface area (Å²) in [4.78, 5) is 2.25. The van der Waals surface area contributed by atoms with E-state index in [-0.39, 0.29) is 11.9 Å². The number of aryl methyl sites for hydroxylation is 1. The van der Waals surface area contributed by atoms with Gasteiger partial charge in [0, 0.05) is 6.20 Å². The van der Waals surface area contributed by atoms with E-state index < -0.39 is 0 Å². The van der Waals surface area contributed by atoms with Gasteiger partial charge in [0.2, 0.25) is 0 Å². The smallest absolute Gasteiger partial charge is 0.163 e. The fourth-order valence-electron chi connectivity index (χ4n) is 2.60. The summed E-state index contributed by atoms with van der Waals surface area (Å²) in [6.45, 7) is 2.92. The molecule has 1 atom stereocenters. The summed E-state index contributed by atoms with van der Waals surface area (Å²) in [6.07, 6.45) is 3.70. The summed E-state index contributed by atoms with van der Waals surface area (Å²) in [5.41, 5.74) is 1.58. The Hall–Kier alpha value is -1.49. The lowest BCUT2D eigenvalue weighted by Gasteiger charge is -2.17. The molecule has 0 aromatic carbocycles. The Morgan fingerprint density at radius 1 is 1.41 bits per heavy atom. The Labute approximate surface area is 99.1 Å². The molecule has 2 aromatic heterocycles. The lowest BCUT2D eigenvalue weighted by Crippen LogP contribution is -2.19. The molecule has 0 saturated carbocycles. The molecule has 0 radical (unpaired) electrons. The minimum atomic E-state index is -0.239. The van der Waals surface area contributed by atoms with E-state index in [0.29, 0.717) is 0 Å². The number of hydrogen-bond acceptors (Lipinski definition) is 3. The van der Waals surface area contributed by atoms with Crippen molar-refractivity contribution in [2.75, 3.05) is 13.6 Å². The van der Waals surface area contributed by atoms with Crippen molar-refractivity contribution in [2.45, 2.75) is 25.8 Å². The van der Waals surface area contributed by atoms with E-state index in [2.05, 4.69) is 22.1 Å². The predicted molar refractivity (Wildman–Crippen MR) is 62.3 cm³/mol. The molecule has 0 amide bonds. The molecule has 4 nitrogen and oxygen atoms in total. The van der Waals surface area contributed by atoms with Crippen molar-refractivity contribution in [3.8, 4) is 0 Å². The normalized spacial score (nSPS) is 21.5. The first-order chi connectivity index (χ1) is 8.16. The van der Waals surface area contributed by atoms with Crippen LogP contribution < -0.4 is 0 Å². The van der Waals surface area contributed by atoms with Gasteiger partial charge in [0.1, 0.15) is 5.82 Å². The highest BCUT2D eigenvalue weighted by atomic mass is 19.1. The number of likely N-dealkylation sites (tertiary alicyclic amines) is 1. The number of hydrogen-bond donors (Lipinski definition) is 0. The van der Waals surface area contributed by atoms with Crippen LogP contribution in [0, 0.1) is 12.7 Å². The zero-order valence-corrected chi connectivity index (χ0v) is 10.0. The molecule has 3 rings (SSSR count). The van der Waals surface area contributed by atoms with Crippen molar-refractivity contribution < 1.29 is 4.39 Å².